The van der Waals surface area contributed by atoms with Gasteiger partial charge in [-0.05, 0) is 81.7 Å². The summed E-state index contributed by atoms with van der Waals surface area (Å²) in [6, 6.07) is 13.9. The summed E-state index contributed by atoms with van der Waals surface area (Å²) < 4.78 is 24.9. The van der Waals surface area contributed by atoms with Crippen molar-refractivity contribution in [3.8, 4) is 16.9 Å². The minimum Gasteiger partial charge on any atom is -0.496 e. The molecule has 0 saturated carbocycles. The van der Waals surface area contributed by atoms with Crippen LogP contribution in [0.15, 0.2) is 42.5 Å². The highest BCUT2D eigenvalue weighted by atomic mass is 19.1. The van der Waals surface area contributed by atoms with Gasteiger partial charge in [-0.2, -0.15) is 0 Å². The molecule has 5 nitrogen and oxygen atoms in total. The lowest BCUT2D eigenvalue weighted by atomic mass is 9.74. The zero-order chi connectivity index (χ0) is 25.5. The number of benzene rings is 2. The zero-order valence-corrected chi connectivity index (χ0v) is 22.0. The highest BCUT2D eigenvalue weighted by molar-refractivity contribution is 5.83. The van der Waals surface area contributed by atoms with Crippen LogP contribution in [-0.4, -0.2) is 56.3 Å². The molecule has 0 aromatic heterocycles. The van der Waals surface area contributed by atoms with E-state index in [1.807, 2.05) is 24.3 Å². The van der Waals surface area contributed by atoms with Gasteiger partial charge in [0.1, 0.15) is 11.6 Å². The quantitative estimate of drug-likeness (QED) is 0.459. The molecule has 1 amide bonds. The third kappa shape index (κ3) is 6.27. The van der Waals surface area contributed by atoms with Crippen molar-refractivity contribution >= 4 is 5.91 Å². The molecule has 2 heterocycles. The Morgan fingerprint density at radius 1 is 1.11 bits per heavy atom. The summed E-state index contributed by atoms with van der Waals surface area (Å²) >= 11 is 0. The van der Waals surface area contributed by atoms with Gasteiger partial charge in [0.25, 0.3) is 0 Å². The molecule has 0 spiro atoms. The summed E-state index contributed by atoms with van der Waals surface area (Å²) in [5.74, 6) is 0.482. The van der Waals surface area contributed by atoms with Gasteiger partial charge < -0.3 is 14.8 Å². The Kier molecular flexibility index (Phi) is 9.02. The van der Waals surface area contributed by atoms with Crippen LogP contribution in [0.3, 0.4) is 0 Å². The molecule has 4 rings (SSSR count). The second kappa shape index (κ2) is 12.2. The van der Waals surface area contributed by atoms with Crippen LogP contribution in [0.2, 0.25) is 0 Å². The average Bonchev–Trinajstić information content (AvgIpc) is 2.89. The maximum Gasteiger partial charge on any atom is 0.226 e. The number of hydrogen-bond donors (Lipinski definition) is 1. The highest BCUT2D eigenvalue weighted by Gasteiger charge is 2.40. The van der Waals surface area contributed by atoms with E-state index < -0.39 is 5.41 Å². The van der Waals surface area contributed by atoms with Crippen molar-refractivity contribution in [1.29, 1.82) is 0 Å². The van der Waals surface area contributed by atoms with Crippen molar-refractivity contribution in [2.45, 2.75) is 70.9 Å². The molecule has 2 aromatic carbocycles. The number of carbonyl (C=O) groups is 1. The summed E-state index contributed by atoms with van der Waals surface area (Å²) in [5.41, 5.74) is 2.26. The number of amides is 1. The minimum absolute atomic E-state index is 0.140. The first kappa shape index (κ1) is 26.6. The topological polar surface area (TPSA) is 50.8 Å². The lowest BCUT2D eigenvalue weighted by Gasteiger charge is -2.39. The molecule has 2 aliphatic heterocycles. The van der Waals surface area contributed by atoms with Crippen LogP contribution in [0, 0.1) is 11.2 Å². The van der Waals surface area contributed by atoms with Crippen LogP contribution < -0.4 is 10.1 Å². The number of nitrogens with one attached hydrogen (secondary N) is 1. The number of rotatable bonds is 9. The number of methoxy groups -OCH3 is 1. The van der Waals surface area contributed by atoms with E-state index in [0.717, 1.165) is 42.5 Å². The number of hydrogen-bond acceptors (Lipinski definition) is 4. The third-order valence-electron chi connectivity index (χ3n) is 8.16. The number of halogens is 1. The predicted molar refractivity (Wildman–Crippen MR) is 142 cm³/mol. The van der Waals surface area contributed by atoms with Gasteiger partial charge in [0.05, 0.1) is 12.5 Å². The van der Waals surface area contributed by atoms with Gasteiger partial charge >= 0.3 is 0 Å². The third-order valence-corrected chi connectivity index (χ3v) is 8.16. The first-order valence-corrected chi connectivity index (χ1v) is 13.5. The molecule has 196 valence electrons. The number of nitrogens with zero attached hydrogens (tertiary/aromatic N) is 1. The predicted octanol–water partition coefficient (Wildman–Crippen LogP) is 5.61. The number of carbonyl (C=O) groups excluding carboxylic acids is 1. The summed E-state index contributed by atoms with van der Waals surface area (Å²) in [7, 11) is 1.59. The Morgan fingerprint density at radius 3 is 2.47 bits per heavy atom. The van der Waals surface area contributed by atoms with Crippen molar-refractivity contribution in [2.75, 3.05) is 33.4 Å². The molecule has 2 atom stereocenters. The maximum absolute atomic E-state index is 13.9. The molecule has 0 unspecified atom stereocenters. The van der Waals surface area contributed by atoms with Crippen molar-refractivity contribution in [1.82, 2.24) is 10.2 Å². The van der Waals surface area contributed by atoms with E-state index in [1.165, 1.54) is 31.4 Å². The van der Waals surface area contributed by atoms with Crippen LogP contribution in [-0.2, 0) is 16.0 Å². The fourth-order valence-electron chi connectivity index (χ4n) is 5.91. The summed E-state index contributed by atoms with van der Waals surface area (Å²) in [6.07, 6.45) is 6.93. The van der Waals surface area contributed by atoms with E-state index in [1.54, 1.807) is 13.2 Å². The molecule has 2 aliphatic rings. The molecule has 2 saturated heterocycles. The Labute approximate surface area is 215 Å². The molecular formula is C30H41FN2O3. The number of piperidine rings is 1. The van der Waals surface area contributed by atoms with Crippen molar-refractivity contribution in [3.05, 3.63) is 53.8 Å². The van der Waals surface area contributed by atoms with Gasteiger partial charge in [-0.15, -0.1) is 0 Å². The number of likely N-dealkylation sites (tertiary alicyclic amines) is 1. The monoisotopic (exact) mass is 496 g/mol. The Balaban J connectivity index is 1.39. The van der Waals surface area contributed by atoms with E-state index in [-0.39, 0.29) is 11.7 Å². The molecule has 1 N–H and O–H groups in total. The molecule has 0 bridgehead atoms. The Morgan fingerprint density at radius 2 is 1.81 bits per heavy atom. The normalized spacial score (nSPS) is 22.2. The zero-order valence-electron chi connectivity index (χ0n) is 22.0. The number of ether oxygens (including phenoxy) is 2. The van der Waals surface area contributed by atoms with Crippen molar-refractivity contribution in [2.24, 2.45) is 5.41 Å². The fraction of sp³-hybridized carbons (Fsp3) is 0.567. The molecule has 36 heavy (non-hydrogen) atoms. The average molecular weight is 497 g/mol. The summed E-state index contributed by atoms with van der Waals surface area (Å²) in [6.45, 7) is 7.59. The highest BCUT2D eigenvalue weighted by Crippen LogP contribution is 2.36. The molecule has 2 fully saturated rings. The van der Waals surface area contributed by atoms with Gasteiger partial charge in [-0.3, -0.25) is 9.69 Å². The van der Waals surface area contributed by atoms with Crippen LogP contribution in [0.25, 0.3) is 11.1 Å². The van der Waals surface area contributed by atoms with Gasteiger partial charge in [0.15, 0.2) is 0 Å². The summed E-state index contributed by atoms with van der Waals surface area (Å²) in [5, 5.41) is 3.26. The Hall–Kier alpha value is -2.44. The van der Waals surface area contributed by atoms with Crippen LogP contribution >= 0.6 is 0 Å². The lowest BCUT2D eigenvalue weighted by Crippen LogP contribution is -2.47. The van der Waals surface area contributed by atoms with Crippen molar-refractivity contribution in [3.63, 3.8) is 0 Å². The van der Waals surface area contributed by atoms with E-state index >= 15 is 0 Å². The Bertz CT molecular complexity index is 994. The molecule has 2 aromatic rings. The van der Waals surface area contributed by atoms with Gasteiger partial charge in [0, 0.05) is 44.0 Å². The van der Waals surface area contributed by atoms with Gasteiger partial charge in [-0.1, -0.05) is 30.7 Å². The first-order valence-electron chi connectivity index (χ1n) is 13.5. The molecule has 0 radical (unpaired) electrons. The second-order valence-electron chi connectivity index (χ2n) is 10.6. The van der Waals surface area contributed by atoms with Crippen molar-refractivity contribution < 1.29 is 18.7 Å². The first-order chi connectivity index (χ1) is 17.4. The van der Waals surface area contributed by atoms with E-state index in [2.05, 4.69) is 24.1 Å². The fourth-order valence-corrected chi connectivity index (χ4v) is 5.91. The van der Waals surface area contributed by atoms with Crippen LogP contribution in [0.1, 0.15) is 57.9 Å². The molecular weight excluding hydrogens is 455 g/mol. The minimum atomic E-state index is -0.456. The maximum atomic E-state index is 13.9. The molecule has 0 aliphatic carbocycles. The summed E-state index contributed by atoms with van der Waals surface area (Å²) in [4.78, 5) is 16.1. The van der Waals surface area contributed by atoms with Crippen LogP contribution in [0.4, 0.5) is 4.39 Å². The standard InChI is InChI=1S/C30H41FN2O3/c1-22-6-4-7-23(2)33(22)17-5-16-32-29(34)30(14-18-36-19-15-30)21-24-8-10-25(11-9-24)27-20-26(31)12-13-28(27)35-3/h8-13,20,22-23H,4-7,14-19,21H2,1-3H3,(H,32,34)/t22-,23-/m0/s1. The van der Waals surface area contributed by atoms with E-state index in [9.17, 15) is 9.18 Å². The van der Waals surface area contributed by atoms with Crippen LogP contribution in [0.5, 0.6) is 5.75 Å². The smallest absolute Gasteiger partial charge is 0.226 e. The van der Waals surface area contributed by atoms with E-state index in [0.29, 0.717) is 44.0 Å². The second-order valence-corrected chi connectivity index (χ2v) is 10.6. The lowest BCUT2D eigenvalue weighted by molar-refractivity contribution is -0.136. The van der Waals surface area contributed by atoms with Gasteiger partial charge in [0.2, 0.25) is 5.91 Å². The largest absolute Gasteiger partial charge is 0.496 e. The molecule has 6 heteroatoms. The van der Waals surface area contributed by atoms with E-state index in [4.69, 9.17) is 9.47 Å². The van der Waals surface area contributed by atoms with Gasteiger partial charge in [-0.25, -0.2) is 4.39 Å². The SMILES string of the molecule is COc1ccc(F)cc1-c1ccc(CC2(C(=O)NCCCN3[C@@H](C)CCC[C@@H]3C)CCOCC2)cc1.